The summed E-state index contributed by atoms with van der Waals surface area (Å²) in [6.07, 6.45) is 1.35. The Kier molecular flexibility index (Phi) is 11.7. The molecule has 0 saturated carbocycles. The lowest BCUT2D eigenvalue weighted by atomic mass is 10.1. The summed E-state index contributed by atoms with van der Waals surface area (Å²) in [4.78, 5) is 15.2. The summed E-state index contributed by atoms with van der Waals surface area (Å²) in [6, 6.07) is 14.3. The molecule has 0 aliphatic rings. The van der Waals surface area contributed by atoms with Crippen molar-refractivity contribution in [3.05, 3.63) is 65.5 Å². The Bertz CT molecular complexity index is 785. The highest BCUT2D eigenvalue weighted by atomic mass is 127. The largest absolute Gasteiger partial charge is 0.484 e. The minimum Gasteiger partial charge on any atom is -0.484 e. The number of primary amides is 1. The van der Waals surface area contributed by atoms with E-state index in [1.807, 2.05) is 37.3 Å². The van der Waals surface area contributed by atoms with E-state index in [0.717, 1.165) is 18.5 Å². The molecule has 2 aromatic carbocycles. The zero-order valence-corrected chi connectivity index (χ0v) is 18.8. The van der Waals surface area contributed by atoms with Crippen LogP contribution in [0.4, 0.5) is 4.39 Å². The highest BCUT2D eigenvalue weighted by Gasteiger charge is 2.02. The van der Waals surface area contributed by atoms with E-state index in [-0.39, 0.29) is 36.4 Å². The second kappa shape index (κ2) is 13.8. The first-order chi connectivity index (χ1) is 13.6. The third-order valence-electron chi connectivity index (χ3n) is 3.96. The zero-order chi connectivity index (χ0) is 20.2. The Balaban J connectivity index is 0.00000420. The maximum Gasteiger partial charge on any atom is 0.255 e. The van der Waals surface area contributed by atoms with Crippen molar-refractivity contribution in [2.24, 2.45) is 10.7 Å². The number of carbonyl (C=O) groups excluding carboxylic acids is 1. The molecule has 0 aliphatic carbocycles. The summed E-state index contributed by atoms with van der Waals surface area (Å²) in [5.74, 6) is 0.622. The topological polar surface area (TPSA) is 88.7 Å². The number of benzene rings is 2. The molecule has 2 rings (SSSR count). The van der Waals surface area contributed by atoms with Crippen LogP contribution in [0.1, 0.15) is 18.1 Å². The van der Waals surface area contributed by atoms with Gasteiger partial charge in [0, 0.05) is 19.6 Å². The fourth-order valence-corrected chi connectivity index (χ4v) is 2.56. The number of aliphatic imine (C=N–C) groups is 1. The van der Waals surface area contributed by atoms with Crippen LogP contribution in [0.15, 0.2) is 53.5 Å². The molecule has 0 fully saturated rings. The second-order valence-electron chi connectivity index (χ2n) is 6.18. The third-order valence-corrected chi connectivity index (χ3v) is 3.96. The molecule has 0 aliphatic heterocycles. The number of rotatable bonds is 10. The molecule has 29 heavy (non-hydrogen) atoms. The fraction of sp³-hybridized carbons (Fsp3) is 0.333. The van der Waals surface area contributed by atoms with Crippen molar-refractivity contribution < 1.29 is 13.9 Å². The first-order valence-corrected chi connectivity index (χ1v) is 9.34. The van der Waals surface area contributed by atoms with Crippen LogP contribution in [-0.4, -0.2) is 38.1 Å². The van der Waals surface area contributed by atoms with Crippen LogP contribution in [0.3, 0.4) is 0 Å². The lowest BCUT2D eigenvalue weighted by molar-refractivity contribution is -0.119. The number of amides is 1. The van der Waals surface area contributed by atoms with Crippen molar-refractivity contribution in [1.29, 1.82) is 0 Å². The van der Waals surface area contributed by atoms with Gasteiger partial charge >= 0.3 is 0 Å². The van der Waals surface area contributed by atoms with Crippen LogP contribution in [0.2, 0.25) is 0 Å². The lowest BCUT2D eigenvalue weighted by Crippen LogP contribution is -2.38. The van der Waals surface area contributed by atoms with Gasteiger partial charge in [0.15, 0.2) is 12.6 Å². The van der Waals surface area contributed by atoms with Crippen molar-refractivity contribution in [3.8, 4) is 5.75 Å². The number of nitrogens with one attached hydrogen (secondary N) is 2. The first-order valence-electron chi connectivity index (χ1n) is 9.34. The van der Waals surface area contributed by atoms with Crippen LogP contribution < -0.4 is 21.1 Å². The Morgan fingerprint density at radius 3 is 2.48 bits per heavy atom. The molecule has 0 bridgehead atoms. The molecule has 0 heterocycles. The molecule has 2 aromatic rings. The van der Waals surface area contributed by atoms with Gasteiger partial charge in [-0.15, -0.1) is 24.0 Å². The number of carbonyl (C=O) groups is 1. The summed E-state index contributed by atoms with van der Waals surface area (Å²) in [5.41, 5.74) is 6.85. The Hall–Kier alpha value is -2.36. The number of ether oxygens (including phenoxy) is 1. The van der Waals surface area contributed by atoms with Gasteiger partial charge in [-0.05, 0) is 49.1 Å². The third kappa shape index (κ3) is 9.60. The van der Waals surface area contributed by atoms with E-state index < -0.39 is 5.91 Å². The fourth-order valence-electron chi connectivity index (χ4n) is 2.56. The van der Waals surface area contributed by atoms with Gasteiger partial charge in [-0.3, -0.25) is 9.79 Å². The van der Waals surface area contributed by atoms with Crippen molar-refractivity contribution >= 4 is 35.8 Å². The number of halogens is 2. The number of hydrogen-bond donors (Lipinski definition) is 3. The SMILES string of the molecule is CCNC(=NCCc1ccccc1F)NCCc1ccc(OCC(N)=O)cc1.I. The molecule has 8 heteroatoms. The highest BCUT2D eigenvalue weighted by molar-refractivity contribution is 14.0. The molecular weight excluding hydrogens is 486 g/mol. The zero-order valence-electron chi connectivity index (χ0n) is 16.5. The van der Waals surface area contributed by atoms with Gasteiger partial charge in [0.2, 0.25) is 0 Å². The summed E-state index contributed by atoms with van der Waals surface area (Å²) in [5, 5.41) is 6.47. The minimum absolute atomic E-state index is 0. The number of nitrogens with zero attached hydrogens (tertiary/aromatic N) is 1. The average Bonchev–Trinajstić information content (AvgIpc) is 2.69. The van der Waals surface area contributed by atoms with Crippen LogP contribution in [-0.2, 0) is 17.6 Å². The molecule has 0 aromatic heterocycles. The second-order valence-corrected chi connectivity index (χ2v) is 6.18. The maximum absolute atomic E-state index is 13.7. The van der Waals surface area contributed by atoms with Crippen LogP contribution in [0.25, 0.3) is 0 Å². The van der Waals surface area contributed by atoms with Gasteiger partial charge in [0.05, 0.1) is 0 Å². The molecule has 0 unspecified atom stereocenters. The molecule has 0 spiro atoms. The molecule has 6 nitrogen and oxygen atoms in total. The number of hydrogen-bond acceptors (Lipinski definition) is 3. The van der Waals surface area contributed by atoms with E-state index in [2.05, 4.69) is 15.6 Å². The van der Waals surface area contributed by atoms with Crippen LogP contribution in [0.5, 0.6) is 5.75 Å². The van der Waals surface area contributed by atoms with Crippen molar-refractivity contribution in [2.45, 2.75) is 19.8 Å². The molecule has 4 N–H and O–H groups in total. The van der Waals surface area contributed by atoms with E-state index >= 15 is 0 Å². The van der Waals surface area contributed by atoms with E-state index in [0.29, 0.717) is 36.8 Å². The number of nitrogens with two attached hydrogens (primary N) is 1. The van der Waals surface area contributed by atoms with Crippen LogP contribution in [0, 0.1) is 5.82 Å². The van der Waals surface area contributed by atoms with Gasteiger partial charge < -0.3 is 21.1 Å². The van der Waals surface area contributed by atoms with Gasteiger partial charge in [-0.1, -0.05) is 30.3 Å². The van der Waals surface area contributed by atoms with Gasteiger partial charge in [-0.2, -0.15) is 0 Å². The Labute approximate surface area is 188 Å². The van der Waals surface area contributed by atoms with Gasteiger partial charge in [-0.25, -0.2) is 4.39 Å². The van der Waals surface area contributed by atoms with E-state index in [4.69, 9.17) is 10.5 Å². The lowest BCUT2D eigenvalue weighted by Gasteiger charge is -2.12. The summed E-state index contributed by atoms with van der Waals surface area (Å²) in [6.45, 7) is 3.82. The molecule has 1 amide bonds. The smallest absolute Gasteiger partial charge is 0.255 e. The van der Waals surface area contributed by atoms with Crippen molar-refractivity contribution in [2.75, 3.05) is 26.2 Å². The molecule has 0 radical (unpaired) electrons. The predicted octanol–water partition coefficient (Wildman–Crippen LogP) is 2.65. The average molecular weight is 514 g/mol. The van der Waals surface area contributed by atoms with Crippen molar-refractivity contribution in [3.63, 3.8) is 0 Å². The molecular formula is C21H28FIN4O2. The summed E-state index contributed by atoms with van der Waals surface area (Å²) >= 11 is 0. The Morgan fingerprint density at radius 2 is 1.83 bits per heavy atom. The summed E-state index contributed by atoms with van der Waals surface area (Å²) in [7, 11) is 0. The standard InChI is InChI=1S/C21H27FN4O2.HI/c1-2-24-21(26-14-12-17-5-3-4-6-19(17)22)25-13-11-16-7-9-18(10-8-16)28-15-20(23)27;/h3-10H,2,11-15H2,1H3,(H2,23,27)(H2,24,25,26);1H. The normalized spacial score (nSPS) is 10.8. The quantitative estimate of drug-likeness (QED) is 0.259. The van der Waals surface area contributed by atoms with Crippen LogP contribution >= 0.6 is 24.0 Å². The highest BCUT2D eigenvalue weighted by Crippen LogP contribution is 2.12. The molecule has 0 atom stereocenters. The van der Waals surface area contributed by atoms with Crippen molar-refractivity contribution in [1.82, 2.24) is 10.6 Å². The molecule has 158 valence electrons. The first kappa shape index (κ1) is 24.7. The van der Waals surface area contributed by atoms with Gasteiger partial charge in [0.25, 0.3) is 5.91 Å². The molecule has 0 saturated heterocycles. The minimum atomic E-state index is -0.501. The monoisotopic (exact) mass is 514 g/mol. The maximum atomic E-state index is 13.7. The van der Waals surface area contributed by atoms with E-state index in [9.17, 15) is 9.18 Å². The van der Waals surface area contributed by atoms with Gasteiger partial charge in [0.1, 0.15) is 11.6 Å². The van der Waals surface area contributed by atoms with E-state index in [1.165, 1.54) is 6.07 Å². The Morgan fingerprint density at radius 1 is 1.10 bits per heavy atom. The summed E-state index contributed by atoms with van der Waals surface area (Å²) < 4.78 is 18.9. The van der Waals surface area contributed by atoms with E-state index in [1.54, 1.807) is 12.1 Å². The number of guanidine groups is 1. The predicted molar refractivity (Wildman–Crippen MR) is 124 cm³/mol.